The summed E-state index contributed by atoms with van der Waals surface area (Å²) in [7, 11) is 1.35. The fourth-order valence-corrected chi connectivity index (χ4v) is 2.68. The molecule has 0 amide bonds. The van der Waals surface area contributed by atoms with Gasteiger partial charge in [0.1, 0.15) is 17.1 Å². The van der Waals surface area contributed by atoms with Crippen LogP contribution in [0, 0.1) is 0 Å². The van der Waals surface area contributed by atoms with E-state index >= 15 is 0 Å². The monoisotopic (exact) mass is 318 g/mol. The van der Waals surface area contributed by atoms with Crippen molar-refractivity contribution in [3.05, 3.63) is 66.4 Å². The van der Waals surface area contributed by atoms with E-state index in [2.05, 4.69) is 10.2 Å². The van der Waals surface area contributed by atoms with Crippen molar-refractivity contribution in [3.8, 4) is 11.5 Å². The minimum atomic E-state index is -0.456. The molecule has 0 aliphatic heterocycles. The first-order chi connectivity index (χ1) is 11.7. The van der Waals surface area contributed by atoms with Crippen LogP contribution in [0.3, 0.4) is 0 Å². The molecule has 0 aliphatic rings. The quantitative estimate of drug-likeness (QED) is 0.572. The van der Waals surface area contributed by atoms with E-state index in [1.807, 2.05) is 42.5 Å². The number of hydrogen-bond donors (Lipinski definition) is 1. The van der Waals surface area contributed by atoms with Gasteiger partial charge in [0.05, 0.1) is 18.8 Å². The number of rotatable bonds is 3. The number of esters is 1. The fourth-order valence-electron chi connectivity index (χ4n) is 2.68. The van der Waals surface area contributed by atoms with E-state index < -0.39 is 5.97 Å². The molecule has 0 saturated carbocycles. The largest absolute Gasteiger partial charge is 0.465 e. The van der Waals surface area contributed by atoms with E-state index in [1.165, 1.54) is 7.11 Å². The Morgan fingerprint density at radius 1 is 1.00 bits per heavy atom. The fraction of sp³-hybridized carbons (Fsp3) is 0.0526. The summed E-state index contributed by atoms with van der Waals surface area (Å²) in [5, 5.41) is 9.88. The summed E-state index contributed by atoms with van der Waals surface area (Å²) in [5.41, 5.74) is 1.10. The van der Waals surface area contributed by atoms with E-state index in [9.17, 15) is 4.79 Å². The van der Waals surface area contributed by atoms with Crippen molar-refractivity contribution in [3.63, 3.8) is 0 Å². The third kappa shape index (κ3) is 2.46. The van der Waals surface area contributed by atoms with Crippen LogP contribution in [-0.2, 0) is 4.74 Å². The number of methoxy groups -OCH3 is 1. The molecule has 24 heavy (non-hydrogen) atoms. The zero-order chi connectivity index (χ0) is 16.5. The summed E-state index contributed by atoms with van der Waals surface area (Å²) >= 11 is 0. The Hall–Kier alpha value is -3.34. The average Bonchev–Trinajstić information content (AvgIpc) is 3.07. The number of ether oxygens (including phenoxy) is 2. The molecule has 0 radical (unpaired) electrons. The maximum absolute atomic E-state index is 12.1. The van der Waals surface area contributed by atoms with E-state index in [0.717, 1.165) is 21.7 Å². The Morgan fingerprint density at radius 3 is 2.67 bits per heavy atom. The van der Waals surface area contributed by atoms with Gasteiger partial charge in [-0.2, -0.15) is 5.10 Å². The van der Waals surface area contributed by atoms with Gasteiger partial charge in [-0.05, 0) is 35.0 Å². The number of nitrogens with one attached hydrogen (secondary N) is 1. The molecule has 0 spiro atoms. The van der Waals surface area contributed by atoms with Crippen molar-refractivity contribution in [1.82, 2.24) is 10.2 Å². The van der Waals surface area contributed by atoms with Crippen LogP contribution in [0.25, 0.3) is 21.7 Å². The molecule has 1 aromatic heterocycles. The van der Waals surface area contributed by atoms with Gasteiger partial charge in [0.15, 0.2) is 0 Å². The van der Waals surface area contributed by atoms with Crippen LogP contribution in [0.4, 0.5) is 0 Å². The zero-order valence-electron chi connectivity index (χ0n) is 12.9. The lowest BCUT2D eigenvalue weighted by molar-refractivity contribution is 0.0598. The third-order valence-electron chi connectivity index (χ3n) is 3.89. The lowest BCUT2D eigenvalue weighted by Crippen LogP contribution is -2.03. The van der Waals surface area contributed by atoms with Gasteiger partial charge in [-0.3, -0.25) is 5.10 Å². The van der Waals surface area contributed by atoms with Crippen molar-refractivity contribution in [1.29, 1.82) is 0 Å². The Balaban J connectivity index is 1.80. The van der Waals surface area contributed by atoms with Gasteiger partial charge in [0.25, 0.3) is 0 Å². The number of nitrogens with zero attached hydrogens (tertiary/aromatic N) is 1. The summed E-state index contributed by atoms with van der Waals surface area (Å²) in [6.07, 6.45) is 1.68. The van der Waals surface area contributed by atoms with Crippen molar-refractivity contribution < 1.29 is 14.3 Å². The van der Waals surface area contributed by atoms with Gasteiger partial charge >= 0.3 is 5.97 Å². The van der Waals surface area contributed by atoms with E-state index in [1.54, 1.807) is 18.3 Å². The first kappa shape index (κ1) is 14.3. The third-order valence-corrected chi connectivity index (χ3v) is 3.89. The van der Waals surface area contributed by atoms with Gasteiger partial charge in [-0.25, -0.2) is 4.79 Å². The van der Waals surface area contributed by atoms with Crippen molar-refractivity contribution in [2.75, 3.05) is 7.11 Å². The van der Waals surface area contributed by atoms with Gasteiger partial charge in [-0.15, -0.1) is 0 Å². The highest BCUT2D eigenvalue weighted by molar-refractivity contribution is 5.97. The molecule has 0 aliphatic carbocycles. The van der Waals surface area contributed by atoms with E-state index in [0.29, 0.717) is 17.1 Å². The molecule has 5 nitrogen and oxygen atoms in total. The lowest BCUT2D eigenvalue weighted by atomic mass is 10.1. The van der Waals surface area contributed by atoms with Crippen LogP contribution in [0.5, 0.6) is 11.5 Å². The molecule has 5 heteroatoms. The molecule has 1 N–H and O–H groups in total. The van der Waals surface area contributed by atoms with Gasteiger partial charge in [0, 0.05) is 5.39 Å². The van der Waals surface area contributed by atoms with Crippen molar-refractivity contribution in [2.24, 2.45) is 0 Å². The molecular formula is C19H14N2O3. The van der Waals surface area contributed by atoms with E-state index in [4.69, 9.17) is 9.47 Å². The first-order valence-electron chi connectivity index (χ1n) is 7.47. The second kappa shape index (κ2) is 5.70. The predicted molar refractivity (Wildman–Crippen MR) is 91.5 cm³/mol. The first-order valence-corrected chi connectivity index (χ1v) is 7.47. The highest BCUT2D eigenvalue weighted by Gasteiger charge is 2.16. The second-order valence-corrected chi connectivity index (χ2v) is 5.41. The summed E-state index contributed by atoms with van der Waals surface area (Å²) < 4.78 is 10.8. The summed E-state index contributed by atoms with van der Waals surface area (Å²) in [6.45, 7) is 0. The van der Waals surface area contributed by atoms with Gasteiger partial charge in [0.2, 0.25) is 0 Å². The number of carbonyl (C=O) groups excluding carboxylic acids is 1. The number of aromatic nitrogens is 2. The Kier molecular flexibility index (Phi) is 3.39. The van der Waals surface area contributed by atoms with Crippen LogP contribution in [0.15, 0.2) is 60.8 Å². The average molecular weight is 318 g/mol. The molecule has 3 aromatic carbocycles. The Morgan fingerprint density at radius 2 is 1.83 bits per heavy atom. The lowest BCUT2D eigenvalue weighted by Gasteiger charge is -2.11. The van der Waals surface area contributed by atoms with Crippen molar-refractivity contribution in [2.45, 2.75) is 0 Å². The molecule has 0 saturated heterocycles. The number of benzene rings is 3. The molecule has 0 unspecified atom stereocenters. The highest BCUT2D eigenvalue weighted by atomic mass is 16.5. The van der Waals surface area contributed by atoms with Crippen LogP contribution in [0.1, 0.15) is 10.4 Å². The molecule has 4 rings (SSSR count). The van der Waals surface area contributed by atoms with Crippen LogP contribution < -0.4 is 4.74 Å². The normalized spacial score (nSPS) is 10.9. The number of fused-ring (bicyclic) bond motifs is 2. The zero-order valence-corrected chi connectivity index (χ0v) is 12.9. The molecule has 118 valence electrons. The molecule has 0 bridgehead atoms. The van der Waals surface area contributed by atoms with E-state index in [-0.39, 0.29) is 0 Å². The van der Waals surface area contributed by atoms with Crippen LogP contribution >= 0.6 is 0 Å². The SMILES string of the molecule is COC(=O)c1cc2[nH]ncc2cc1Oc1ccc2ccccc2c1. The molecule has 4 aromatic rings. The Bertz CT molecular complexity index is 1050. The maximum Gasteiger partial charge on any atom is 0.341 e. The molecule has 0 fully saturated rings. The Labute approximate surface area is 137 Å². The molecule has 1 heterocycles. The highest BCUT2D eigenvalue weighted by Crippen LogP contribution is 2.31. The second-order valence-electron chi connectivity index (χ2n) is 5.41. The minimum Gasteiger partial charge on any atom is -0.465 e. The van der Waals surface area contributed by atoms with Gasteiger partial charge < -0.3 is 9.47 Å². The van der Waals surface area contributed by atoms with Crippen LogP contribution in [0.2, 0.25) is 0 Å². The standard InChI is InChI=1S/C19H14N2O3/c1-23-19(22)16-10-17-14(11-20-21-17)9-18(16)24-15-7-6-12-4-2-3-5-13(12)8-15/h2-11H,1H3,(H,20,21). The molecule has 0 atom stereocenters. The summed E-state index contributed by atoms with van der Waals surface area (Å²) in [4.78, 5) is 12.1. The number of H-pyrrole nitrogens is 1. The number of hydrogen-bond acceptors (Lipinski definition) is 4. The van der Waals surface area contributed by atoms with Gasteiger partial charge in [-0.1, -0.05) is 30.3 Å². The topological polar surface area (TPSA) is 64.2 Å². The summed E-state index contributed by atoms with van der Waals surface area (Å²) in [5.74, 6) is 0.634. The smallest absolute Gasteiger partial charge is 0.341 e. The predicted octanol–water partition coefficient (Wildman–Crippen LogP) is 4.30. The maximum atomic E-state index is 12.1. The van der Waals surface area contributed by atoms with Crippen LogP contribution in [-0.4, -0.2) is 23.3 Å². The number of carbonyl (C=O) groups is 1. The van der Waals surface area contributed by atoms with Crippen molar-refractivity contribution >= 4 is 27.6 Å². The molecular weight excluding hydrogens is 304 g/mol. The summed E-state index contributed by atoms with van der Waals surface area (Å²) in [6, 6.07) is 17.3. The number of aromatic amines is 1. The minimum absolute atomic E-state index is 0.349.